The van der Waals surface area contributed by atoms with Gasteiger partial charge >= 0.3 is 12.4 Å². The van der Waals surface area contributed by atoms with Crippen molar-refractivity contribution in [2.75, 3.05) is 9.62 Å². The molecule has 0 bridgehead atoms. The third-order valence-corrected chi connectivity index (χ3v) is 7.51. The van der Waals surface area contributed by atoms with Crippen LogP contribution in [0.15, 0.2) is 78.0 Å². The van der Waals surface area contributed by atoms with Crippen molar-refractivity contribution in [3.63, 3.8) is 0 Å². The van der Waals surface area contributed by atoms with Crippen molar-refractivity contribution in [2.24, 2.45) is 0 Å². The van der Waals surface area contributed by atoms with E-state index >= 15 is 0 Å². The monoisotopic (exact) mass is 532 g/mol. The number of alkyl halides is 3. The smallest absolute Gasteiger partial charge is 0.406 e. The van der Waals surface area contributed by atoms with E-state index < -0.39 is 39.6 Å². The molecule has 1 spiro atoms. The summed E-state index contributed by atoms with van der Waals surface area (Å²) in [4.78, 5) is 32.9. The Bertz CT molecular complexity index is 1460. The van der Waals surface area contributed by atoms with Gasteiger partial charge in [0, 0.05) is 6.20 Å². The predicted molar refractivity (Wildman–Crippen MR) is 125 cm³/mol. The fraction of sp³-hybridized carbons (Fsp3) is 0.208. The number of anilines is 2. The summed E-state index contributed by atoms with van der Waals surface area (Å²) in [6.07, 6.45) is -1.32. The van der Waals surface area contributed by atoms with E-state index in [1.54, 1.807) is 24.3 Å². The number of carbonyl (C=O) groups is 2. The Kier molecular flexibility index (Phi) is 5.82. The summed E-state index contributed by atoms with van der Waals surface area (Å²) in [6, 6.07) is 13.0. The molecule has 13 heteroatoms. The molecule has 2 fully saturated rings. The van der Waals surface area contributed by atoms with Gasteiger partial charge in [0.25, 0.3) is 15.9 Å². The Hall–Kier alpha value is -4.13. The minimum absolute atomic E-state index is 0.0417. The quantitative estimate of drug-likeness (QED) is 0.455. The first kappa shape index (κ1) is 24.6. The van der Waals surface area contributed by atoms with E-state index in [-0.39, 0.29) is 22.8 Å². The highest BCUT2D eigenvalue weighted by atomic mass is 32.2. The topological polar surface area (TPSA) is 109 Å². The van der Waals surface area contributed by atoms with E-state index in [0.29, 0.717) is 18.4 Å². The molecule has 2 heterocycles. The maximum atomic E-state index is 13.4. The lowest BCUT2D eigenvalue weighted by Crippen LogP contribution is -2.36. The van der Waals surface area contributed by atoms with Gasteiger partial charge in [-0.3, -0.25) is 14.5 Å². The van der Waals surface area contributed by atoms with Gasteiger partial charge in [-0.1, -0.05) is 18.2 Å². The van der Waals surface area contributed by atoms with Crippen LogP contribution in [0.3, 0.4) is 0 Å². The Morgan fingerprint density at radius 1 is 1.00 bits per heavy atom. The molecule has 1 saturated heterocycles. The summed E-state index contributed by atoms with van der Waals surface area (Å²) in [5.74, 6) is -0.983. The van der Waals surface area contributed by atoms with Crippen LogP contribution in [0.2, 0.25) is 0 Å². The fourth-order valence-corrected chi connectivity index (χ4v) is 5.29. The number of ether oxygens (including phenoxy) is 1. The van der Waals surface area contributed by atoms with Crippen molar-refractivity contribution in [1.82, 2.24) is 9.88 Å². The molecular weight excluding hydrogens is 513 g/mol. The van der Waals surface area contributed by atoms with Crippen LogP contribution < -0.4 is 14.4 Å². The van der Waals surface area contributed by atoms with E-state index in [9.17, 15) is 31.2 Å². The average molecular weight is 533 g/mol. The number of hydrogen-bond donors (Lipinski definition) is 1. The van der Waals surface area contributed by atoms with Crippen LogP contribution in [0.25, 0.3) is 0 Å². The summed E-state index contributed by atoms with van der Waals surface area (Å²) in [7, 11) is -3.94. The number of halogens is 3. The lowest BCUT2D eigenvalue weighted by molar-refractivity contribution is -0.274. The second-order valence-electron chi connectivity index (χ2n) is 8.53. The number of nitrogens with one attached hydrogen (secondary N) is 1. The van der Waals surface area contributed by atoms with Crippen LogP contribution in [0.5, 0.6) is 5.75 Å². The van der Waals surface area contributed by atoms with Crippen molar-refractivity contribution >= 4 is 33.3 Å². The van der Waals surface area contributed by atoms with Gasteiger partial charge in [-0.25, -0.2) is 18.1 Å². The average Bonchev–Trinajstić information content (AvgIpc) is 3.62. The lowest BCUT2D eigenvalue weighted by atomic mass is 10.1. The van der Waals surface area contributed by atoms with Gasteiger partial charge in [0.15, 0.2) is 0 Å². The minimum Gasteiger partial charge on any atom is -0.406 e. The highest BCUT2D eigenvalue weighted by Crippen LogP contribution is 2.50. The van der Waals surface area contributed by atoms with Crippen LogP contribution in [0.1, 0.15) is 18.4 Å². The van der Waals surface area contributed by atoms with E-state index in [1.807, 2.05) is 0 Å². The first-order valence-electron chi connectivity index (χ1n) is 11.0. The molecule has 1 aromatic heterocycles. The van der Waals surface area contributed by atoms with Gasteiger partial charge in [-0.05, 0) is 60.9 Å². The first-order valence-corrected chi connectivity index (χ1v) is 12.5. The maximum absolute atomic E-state index is 13.4. The lowest BCUT2D eigenvalue weighted by Gasteiger charge is -2.23. The van der Waals surface area contributed by atoms with Gasteiger partial charge in [0.1, 0.15) is 11.3 Å². The molecule has 1 N–H and O–H groups in total. The number of aromatic nitrogens is 1. The highest BCUT2D eigenvalue weighted by Gasteiger charge is 2.65. The zero-order valence-electron chi connectivity index (χ0n) is 19.0. The number of benzene rings is 2. The van der Waals surface area contributed by atoms with Crippen molar-refractivity contribution in [3.05, 3.63) is 78.6 Å². The number of urea groups is 1. The summed E-state index contributed by atoms with van der Waals surface area (Å²) in [6.45, 7) is -0.0918. The van der Waals surface area contributed by atoms with E-state index in [0.717, 1.165) is 17.0 Å². The molecule has 192 valence electrons. The van der Waals surface area contributed by atoms with Crippen molar-refractivity contribution < 1.29 is 35.9 Å². The standard InChI is InChI=1S/C24H19F3N4O5S/c25-24(26,27)36-18-8-6-17(7-9-18)31-21(32)23(11-12-23)30(22(31)33)15-16-10-13-28-14-20(16)29-37(34,35)19-4-2-1-3-5-19/h1-10,13-14,29H,11-12,15H2. The minimum atomic E-state index is -4.88. The molecule has 0 unspecified atom stereocenters. The molecule has 3 amide bonds. The molecule has 0 radical (unpaired) electrons. The fourth-order valence-electron chi connectivity index (χ4n) is 4.19. The summed E-state index contributed by atoms with van der Waals surface area (Å²) < 4.78 is 69.4. The number of nitrogens with zero attached hydrogens (tertiary/aromatic N) is 3. The van der Waals surface area contributed by atoms with E-state index in [2.05, 4.69) is 14.4 Å². The Balaban J connectivity index is 1.40. The number of pyridine rings is 1. The zero-order chi connectivity index (χ0) is 26.4. The molecule has 1 aliphatic carbocycles. The molecule has 1 saturated carbocycles. The number of hydrogen-bond acceptors (Lipinski definition) is 6. The van der Waals surface area contributed by atoms with Crippen molar-refractivity contribution in [3.8, 4) is 5.75 Å². The second-order valence-corrected chi connectivity index (χ2v) is 10.2. The number of rotatable bonds is 7. The first-order chi connectivity index (χ1) is 17.5. The summed E-state index contributed by atoms with van der Waals surface area (Å²) in [5, 5.41) is 0. The van der Waals surface area contributed by atoms with Crippen LogP contribution in [-0.4, -0.2) is 42.1 Å². The van der Waals surface area contributed by atoms with Gasteiger partial charge < -0.3 is 9.64 Å². The van der Waals surface area contributed by atoms with Crippen LogP contribution >= 0.6 is 0 Å². The van der Waals surface area contributed by atoms with Crippen LogP contribution in [0, 0.1) is 0 Å². The number of sulfonamides is 1. The molecule has 1 aliphatic heterocycles. The Morgan fingerprint density at radius 3 is 2.30 bits per heavy atom. The van der Waals surface area contributed by atoms with Gasteiger partial charge in [-0.2, -0.15) is 0 Å². The van der Waals surface area contributed by atoms with E-state index in [1.165, 1.54) is 41.6 Å². The summed E-state index contributed by atoms with van der Waals surface area (Å²) >= 11 is 0. The molecule has 2 aromatic carbocycles. The number of amides is 3. The Labute approximate surface area is 209 Å². The zero-order valence-corrected chi connectivity index (χ0v) is 19.8. The molecular formula is C24H19F3N4O5S. The second kappa shape index (κ2) is 8.76. The molecule has 5 rings (SSSR count). The molecule has 3 aromatic rings. The van der Waals surface area contributed by atoms with Crippen molar-refractivity contribution in [2.45, 2.75) is 36.2 Å². The molecule has 9 nitrogen and oxygen atoms in total. The Morgan fingerprint density at radius 2 is 1.68 bits per heavy atom. The van der Waals surface area contributed by atoms with Crippen LogP contribution in [0.4, 0.5) is 29.3 Å². The predicted octanol–water partition coefficient (Wildman–Crippen LogP) is 4.28. The maximum Gasteiger partial charge on any atom is 0.573 e. The molecule has 2 aliphatic rings. The highest BCUT2D eigenvalue weighted by molar-refractivity contribution is 7.92. The van der Waals surface area contributed by atoms with Gasteiger partial charge in [0.05, 0.1) is 29.0 Å². The van der Waals surface area contributed by atoms with Gasteiger partial charge in [0.2, 0.25) is 0 Å². The third-order valence-electron chi connectivity index (χ3n) is 6.13. The summed E-state index contributed by atoms with van der Waals surface area (Å²) in [5.41, 5.74) is -0.442. The van der Waals surface area contributed by atoms with Gasteiger partial charge in [-0.15, -0.1) is 13.2 Å². The SMILES string of the molecule is O=C1N(c2ccc(OC(F)(F)F)cc2)C(=O)C2(CC2)N1Cc1ccncc1NS(=O)(=O)c1ccccc1. The molecule has 0 atom stereocenters. The number of imide groups is 1. The largest absolute Gasteiger partial charge is 0.573 e. The van der Waals surface area contributed by atoms with E-state index in [4.69, 9.17) is 0 Å². The van der Waals surface area contributed by atoms with Crippen molar-refractivity contribution in [1.29, 1.82) is 0 Å². The number of carbonyl (C=O) groups excluding carboxylic acids is 2. The third kappa shape index (κ3) is 4.69. The van der Waals surface area contributed by atoms with Crippen LogP contribution in [-0.2, 0) is 21.4 Å². The molecule has 37 heavy (non-hydrogen) atoms. The normalized spacial score (nSPS) is 16.8.